The molecule has 0 radical (unpaired) electrons. The Labute approximate surface area is 139 Å². The zero-order valence-electron chi connectivity index (χ0n) is 15.1. The molecular weight excluding hydrogens is 290 g/mol. The van der Waals surface area contributed by atoms with Crippen LogP contribution in [-0.2, 0) is 13.5 Å². The second-order valence-electron chi connectivity index (χ2n) is 6.88. The van der Waals surface area contributed by atoms with Crippen LogP contribution < -0.4 is 10.6 Å². The SMILES string of the molecule is CCNC(=NCC1(CO)CC1)NC(C)Cc1c(C)nn(C)c1C. The number of hydrogen-bond donors (Lipinski definition) is 3. The molecule has 1 saturated carbocycles. The summed E-state index contributed by atoms with van der Waals surface area (Å²) in [5.74, 6) is 0.832. The van der Waals surface area contributed by atoms with E-state index >= 15 is 0 Å². The lowest BCUT2D eigenvalue weighted by Crippen LogP contribution is -2.43. The van der Waals surface area contributed by atoms with Crippen molar-refractivity contribution in [3.8, 4) is 0 Å². The summed E-state index contributed by atoms with van der Waals surface area (Å²) in [4.78, 5) is 4.66. The van der Waals surface area contributed by atoms with Crippen molar-refractivity contribution in [2.24, 2.45) is 17.5 Å². The van der Waals surface area contributed by atoms with Crippen LogP contribution in [0.2, 0.25) is 0 Å². The van der Waals surface area contributed by atoms with Gasteiger partial charge in [0.1, 0.15) is 0 Å². The number of nitrogens with one attached hydrogen (secondary N) is 2. The maximum absolute atomic E-state index is 9.42. The van der Waals surface area contributed by atoms with Gasteiger partial charge in [0, 0.05) is 30.7 Å². The van der Waals surface area contributed by atoms with Crippen LogP contribution in [0.25, 0.3) is 0 Å². The minimum Gasteiger partial charge on any atom is -0.396 e. The Morgan fingerprint density at radius 2 is 2.13 bits per heavy atom. The topological polar surface area (TPSA) is 74.5 Å². The van der Waals surface area contributed by atoms with E-state index in [1.807, 2.05) is 11.7 Å². The van der Waals surface area contributed by atoms with Gasteiger partial charge >= 0.3 is 0 Å². The Hall–Kier alpha value is -1.56. The van der Waals surface area contributed by atoms with Gasteiger partial charge in [0.05, 0.1) is 18.8 Å². The van der Waals surface area contributed by atoms with E-state index in [9.17, 15) is 5.11 Å². The second kappa shape index (κ2) is 7.34. The molecule has 1 atom stereocenters. The molecule has 1 aromatic rings. The van der Waals surface area contributed by atoms with Crippen molar-refractivity contribution in [1.29, 1.82) is 0 Å². The standard InChI is InChI=1S/C17H31N5O/c1-6-18-16(19-10-17(11-23)7-8-17)20-12(2)9-15-13(3)21-22(5)14(15)4/h12,23H,6-11H2,1-5H3,(H2,18,19,20). The molecule has 1 aliphatic carbocycles. The van der Waals surface area contributed by atoms with E-state index < -0.39 is 0 Å². The van der Waals surface area contributed by atoms with Gasteiger partial charge in [0.15, 0.2) is 5.96 Å². The molecule has 1 unspecified atom stereocenters. The molecule has 0 aromatic carbocycles. The van der Waals surface area contributed by atoms with Crippen molar-refractivity contribution in [3.05, 3.63) is 17.0 Å². The average molecular weight is 321 g/mol. The lowest BCUT2D eigenvalue weighted by atomic mass is 10.1. The number of nitrogens with zero attached hydrogens (tertiary/aromatic N) is 3. The first-order valence-electron chi connectivity index (χ1n) is 8.55. The van der Waals surface area contributed by atoms with E-state index in [1.165, 1.54) is 11.3 Å². The highest BCUT2D eigenvalue weighted by Crippen LogP contribution is 2.45. The summed E-state index contributed by atoms with van der Waals surface area (Å²) >= 11 is 0. The molecule has 6 heteroatoms. The zero-order chi connectivity index (χ0) is 17.0. The van der Waals surface area contributed by atoms with Gasteiger partial charge < -0.3 is 15.7 Å². The van der Waals surface area contributed by atoms with E-state index in [-0.39, 0.29) is 18.1 Å². The molecule has 23 heavy (non-hydrogen) atoms. The van der Waals surface area contributed by atoms with Crippen molar-refractivity contribution in [1.82, 2.24) is 20.4 Å². The Bertz CT molecular complexity index is 560. The van der Waals surface area contributed by atoms with Crippen LogP contribution >= 0.6 is 0 Å². The molecule has 1 aromatic heterocycles. The summed E-state index contributed by atoms with van der Waals surface area (Å²) < 4.78 is 1.94. The van der Waals surface area contributed by atoms with Gasteiger partial charge in [-0.2, -0.15) is 5.10 Å². The molecule has 1 aliphatic rings. The number of aliphatic hydroxyl groups is 1. The van der Waals surface area contributed by atoms with Crippen LogP contribution in [0.3, 0.4) is 0 Å². The highest BCUT2D eigenvalue weighted by atomic mass is 16.3. The minimum absolute atomic E-state index is 0.0438. The van der Waals surface area contributed by atoms with Crippen molar-refractivity contribution in [3.63, 3.8) is 0 Å². The third-order valence-electron chi connectivity index (χ3n) is 4.76. The molecule has 0 saturated heterocycles. The summed E-state index contributed by atoms with van der Waals surface area (Å²) in [6.07, 6.45) is 3.08. The number of aliphatic hydroxyl groups excluding tert-OH is 1. The zero-order valence-corrected chi connectivity index (χ0v) is 15.1. The first kappa shape index (κ1) is 17.8. The maximum Gasteiger partial charge on any atom is 0.191 e. The molecule has 0 bridgehead atoms. The first-order valence-corrected chi connectivity index (χ1v) is 8.55. The smallest absolute Gasteiger partial charge is 0.191 e. The van der Waals surface area contributed by atoms with E-state index in [0.29, 0.717) is 6.54 Å². The number of rotatable bonds is 7. The van der Waals surface area contributed by atoms with Gasteiger partial charge in [-0.3, -0.25) is 9.67 Å². The Balaban J connectivity index is 1.97. The summed E-state index contributed by atoms with van der Waals surface area (Å²) in [6, 6.07) is 0.263. The lowest BCUT2D eigenvalue weighted by Gasteiger charge is -2.19. The Morgan fingerprint density at radius 3 is 2.61 bits per heavy atom. The monoisotopic (exact) mass is 321 g/mol. The number of aromatic nitrogens is 2. The first-order chi connectivity index (χ1) is 10.9. The Morgan fingerprint density at radius 1 is 1.43 bits per heavy atom. The van der Waals surface area contributed by atoms with Crippen LogP contribution in [-0.4, -0.2) is 46.6 Å². The fraction of sp³-hybridized carbons (Fsp3) is 0.765. The van der Waals surface area contributed by atoms with Crippen LogP contribution in [0.5, 0.6) is 0 Å². The van der Waals surface area contributed by atoms with Gasteiger partial charge in [-0.05, 0) is 52.5 Å². The van der Waals surface area contributed by atoms with E-state index in [0.717, 1.165) is 37.5 Å². The molecular formula is C17H31N5O. The van der Waals surface area contributed by atoms with Crippen molar-refractivity contribution in [2.45, 2.75) is 53.0 Å². The van der Waals surface area contributed by atoms with E-state index in [1.54, 1.807) is 0 Å². The number of hydrogen-bond acceptors (Lipinski definition) is 3. The number of aryl methyl sites for hydroxylation is 2. The van der Waals surface area contributed by atoms with Crippen LogP contribution in [0, 0.1) is 19.3 Å². The van der Waals surface area contributed by atoms with Crippen molar-refractivity contribution < 1.29 is 5.11 Å². The summed E-state index contributed by atoms with van der Waals surface area (Å²) in [6.45, 7) is 10.2. The van der Waals surface area contributed by atoms with Gasteiger partial charge in [-0.1, -0.05) is 0 Å². The molecule has 0 aliphatic heterocycles. The third-order valence-corrected chi connectivity index (χ3v) is 4.76. The summed E-state index contributed by atoms with van der Waals surface area (Å²) in [5, 5.41) is 20.7. The van der Waals surface area contributed by atoms with Crippen LogP contribution in [0.4, 0.5) is 0 Å². The maximum atomic E-state index is 9.42. The Kier molecular flexibility index (Phi) is 5.68. The molecule has 3 N–H and O–H groups in total. The molecule has 1 heterocycles. The van der Waals surface area contributed by atoms with Gasteiger partial charge in [-0.25, -0.2) is 0 Å². The second-order valence-corrected chi connectivity index (χ2v) is 6.88. The summed E-state index contributed by atoms with van der Waals surface area (Å²) in [7, 11) is 1.99. The van der Waals surface area contributed by atoms with Crippen molar-refractivity contribution in [2.75, 3.05) is 19.7 Å². The molecule has 2 rings (SSSR count). The quantitative estimate of drug-likeness (QED) is 0.523. The molecule has 0 spiro atoms. The normalized spacial score (nSPS) is 17.9. The molecule has 1 fully saturated rings. The van der Waals surface area contributed by atoms with Gasteiger partial charge in [-0.15, -0.1) is 0 Å². The molecule has 130 valence electrons. The highest BCUT2D eigenvalue weighted by Gasteiger charge is 2.41. The fourth-order valence-corrected chi connectivity index (χ4v) is 2.81. The molecule has 6 nitrogen and oxygen atoms in total. The van der Waals surface area contributed by atoms with Gasteiger partial charge in [0.25, 0.3) is 0 Å². The predicted octanol–water partition coefficient (Wildman–Crippen LogP) is 1.30. The fourth-order valence-electron chi connectivity index (χ4n) is 2.81. The largest absolute Gasteiger partial charge is 0.396 e. The van der Waals surface area contributed by atoms with Gasteiger partial charge in [0.2, 0.25) is 0 Å². The number of aliphatic imine (C=N–C) groups is 1. The van der Waals surface area contributed by atoms with E-state index in [2.05, 4.69) is 48.4 Å². The van der Waals surface area contributed by atoms with Crippen molar-refractivity contribution >= 4 is 5.96 Å². The predicted molar refractivity (Wildman–Crippen MR) is 93.7 cm³/mol. The highest BCUT2D eigenvalue weighted by molar-refractivity contribution is 5.80. The van der Waals surface area contributed by atoms with E-state index in [4.69, 9.17) is 0 Å². The molecule has 0 amide bonds. The third kappa shape index (κ3) is 4.47. The number of guanidine groups is 1. The minimum atomic E-state index is 0.0438. The summed E-state index contributed by atoms with van der Waals surface area (Å²) in [5.41, 5.74) is 3.66. The lowest BCUT2D eigenvalue weighted by molar-refractivity contribution is 0.217. The van der Waals surface area contributed by atoms with Crippen LogP contribution in [0.1, 0.15) is 43.6 Å². The average Bonchev–Trinajstić information content (AvgIpc) is 3.25. The van der Waals surface area contributed by atoms with Crippen LogP contribution in [0.15, 0.2) is 4.99 Å².